The van der Waals surface area contributed by atoms with E-state index in [0.29, 0.717) is 5.75 Å². The molecule has 0 heterocycles. The van der Waals surface area contributed by atoms with Gasteiger partial charge in [-0.05, 0) is 57.2 Å². The number of nitrogens with one attached hydrogen (secondary N) is 1. The summed E-state index contributed by atoms with van der Waals surface area (Å²) in [5.74, 6) is -0.283. The molecule has 28 heavy (non-hydrogen) atoms. The zero-order valence-corrected chi connectivity index (χ0v) is 17.2. The number of carbonyl (C=O) groups excluding carboxylic acids is 1. The molecule has 2 rings (SSSR count). The summed E-state index contributed by atoms with van der Waals surface area (Å²) < 4.78 is 44.2. The third-order valence-electron chi connectivity index (χ3n) is 4.08. The average Bonchev–Trinajstić information content (AvgIpc) is 2.62. The largest absolute Gasteiger partial charge is 0.491 e. The molecule has 1 N–H and O–H groups in total. The van der Waals surface area contributed by atoms with E-state index in [9.17, 15) is 17.6 Å². The Kier molecular flexibility index (Phi) is 7.01. The van der Waals surface area contributed by atoms with E-state index in [-0.39, 0.29) is 18.3 Å². The van der Waals surface area contributed by atoms with Crippen molar-refractivity contribution in [2.24, 2.45) is 0 Å². The fourth-order valence-corrected chi connectivity index (χ4v) is 3.83. The maximum atomic E-state index is 13.2. The lowest BCUT2D eigenvalue weighted by Gasteiger charge is -2.29. The summed E-state index contributed by atoms with van der Waals surface area (Å²) in [5.41, 5.74) is 1.33. The Morgan fingerprint density at radius 3 is 2.21 bits per heavy atom. The van der Waals surface area contributed by atoms with Crippen molar-refractivity contribution in [2.75, 3.05) is 17.2 Å². The number of carbonyl (C=O) groups is 1. The maximum absolute atomic E-state index is 13.2. The second-order valence-corrected chi connectivity index (χ2v) is 8.60. The van der Waals surface area contributed by atoms with Gasteiger partial charge in [-0.15, -0.1) is 0 Å². The van der Waals surface area contributed by atoms with Crippen LogP contribution in [0.1, 0.15) is 19.4 Å². The number of anilines is 1. The first-order valence-corrected chi connectivity index (χ1v) is 10.7. The second-order valence-electron chi connectivity index (χ2n) is 6.74. The minimum atomic E-state index is -3.75. The van der Waals surface area contributed by atoms with Gasteiger partial charge in [0.2, 0.25) is 15.9 Å². The van der Waals surface area contributed by atoms with Crippen LogP contribution in [0, 0.1) is 12.7 Å². The highest BCUT2D eigenvalue weighted by molar-refractivity contribution is 7.92. The molecule has 2 aromatic rings. The van der Waals surface area contributed by atoms with Gasteiger partial charge >= 0.3 is 0 Å². The molecule has 1 amide bonds. The number of ether oxygens (including phenoxy) is 1. The molecule has 0 spiro atoms. The van der Waals surface area contributed by atoms with Crippen molar-refractivity contribution in [3.63, 3.8) is 0 Å². The predicted octanol–water partition coefficient (Wildman–Crippen LogP) is 2.87. The van der Waals surface area contributed by atoms with Crippen molar-refractivity contribution in [3.05, 3.63) is 59.9 Å². The van der Waals surface area contributed by atoms with E-state index < -0.39 is 27.8 Å². The molecule has 0 unspecified atom stereocenters. The Labute approximate surface area is 165 Å². The molecule has 0 bridgehead atoms. The molecule has 0 aromatic heterocycles. The van der Waals surface area contributed by atoms with Crippen LogP contribution in [-0.2, 0) is 14.8 Å². The molecule has 2 atom stereocenters. The lowest BCUT2D eigenvalue weighted by molar-refractivity contribution is -0.122. The van der Waals surface area contributed by atoms with Gasteiger partial charge in [-0.3, -0.25) is 9.10 Å². The number of rotatable bonds is 8. The van der Waals surface area contributed by atoms with E-state index in [4.69, 9.17) is 4.74 Å². The summed E-state index contributed by atoms with van der Waals surface area (Å²) in [6, 6.07) is 11.1. The minimum Gasteiger partial charge on any atom is -0.491 e. The molecule has 0 saturated carbocycles. The van der Waals surface area contributed by atoms with Crippen LogP contribution in [0.3, 0.4) is 0 Å². The van der Waals surface area contributed by atoms with E-state index in [1.54, 1.807) is 6.92 Å². The molecular formula is C20H25FN2O4S. The molecule has 0 aliphatic heterocycles. The van der Waals surface area contributed by atoms with Crippen molar-refractivity contribution in [3.8, 4) is 5.75 Å². The molecule has 0 aliphatic rings. The van der Waals surface area contributed by atoms with Crippen LogP contribution in [0.2, 0.25) is 0 Å². The Hall–Kier alpha value is -2.61. The normalized spacial score (nSPS) is 13.5. The summed E-state index contributed by atoms with van der Waals surface area (Å²) >= 11 is 0. The van der Waals surface area contributed by atoms with Gasteiger partial charge in [-0.2, -0.15) is 0 Å². The van der Waals surface area contributed by atoms with Gasteiger partial charge in [-0.1, -0.05) is 17.7 Å². The molecule has 152 valence electrons. The Balaban J connectivity index is 2.03. The first-order chi connectivity index (χ1) is 13.1. The third-order valence-corrected chi connectivity index (χ3v) is 5.32. The van der Waals surface area contributed by atoms with Crippen molar-refractivity contribution in [1.29, 1.82) is 0 Å². The third kappa shape index (κ3) is 5.95. The summed E-state index contributed by atoms with van der Waals surface area (Å²) in [6.07, 6.45) is 1.00. The lowest BCUT2D eigenvalue weighted by atomic mass is 10.2. The van der Waals surface area contributed by atoms with Gasteiger partial charge in [0.15, 0.2) is 0 Å². The highest BCUT2D eigenvalue weighted by atomic mass is 32.2. The Bertz CT molecular complexity index is 899. The number of benzene rings is 2. The summed E-state index contributed by atoms with van der Waals surface area (Å²) in [4.78, 5) is 12.6. The molecule has 0 aliphatic carbocycles. The maximum Gasteiger partial charge on any atom is 0.243 e. The molecule has 0 fully saturated rings. The Morgan fingerprint density at radius 1 is 1.11 bits per heavy atom. The van der Waals surface area contributed by atoms with E-state index >= 15 is 0 Å². The van der Waals surface area contributed by atoms with E-state index in [0.717, 1.165) is 28.3 Å². The smallest absolute Gasteiger partial charge is 0.243 e. The summed E-state index contributed by atoms with van der Waals surface area (Å²) in [5, 5.41) is 2.75. The van der Waals surface area contributed by atoms with Crippen molar-refractivity contribution < 1.29 is 22.3 Å². The SMILES string of the molecule is Cc1ccc(OC[C@@H](C)NC(=O)[C@@H](C)N(c2ccc(F)cc2)S(C)(=O)=O)cc1. The number of halogens is 1. The molecule has 0 saturated heterocycles. The zero-order chi connectivity index (χ0) is 20.9. The van der Waals surface area contributed by atoms with Crippen LogP contribution in [-0.4, -0.2) is 39.3 Å². The number of aryl methyl sites for hydroxylation is 1. The lowest BCUT2D eigenvalue weighted by Crippen LogP contribution is -2.50. The number of sulfonamides is 1. The standard InChI is InChI=1S/C20H25FN2O4S/c1-14-5-11-19(12-6-14)27-13-15(2)22-20(24)16(3)23(28(4,25)26)18-9-7-17(21)8-10-18/h5-12,15-16H,13H2,1-4H3,(H,22,24)/t15-,16-/m1/s1. The number of hydrogen-bond acceptors (Lipinski definition) is 4. The van der Waals surface area contributed by atoms with Crippen LogP contribution < -0.4 is 14.4 Å². The van der Waals surface area contributed by atoms with Gasteiger partial charge in [-0.25, -0.2) is 12.8 Å². The molecular weight excluding hydrogens is 383 g/mol. The van der Waals surface area contributed by atoms with Crippen LogP contribution in [0.15, 0.2) is 48.5 Å². The monoisotopic (exact) mass is 408 g/mol. The molecule has 0 radical (unpaired) electrons. The highest BCUT2D eigenvalue weighted by Gasteiger charge is 2.29. The fraction of sp³-hybridized carbons (Fsp3) is 0.350. The van der Waals surface area contributed by atoms with Crippen LogP contribution in [0.25, 0.3) is 0 Å². The molecule has 6 nitrogen and oxygen atoms in total. The number of nitrogens with zero attached hydrogens (tertiary/aromatic N) is 1. The van der Waals surface area contributed by atoms with Crippen molar-refractivity contribution in [2.45, 2.75) is 32.9 Å². The topological polar surface area (TPSA) is 75.7 Å². The quantitative estimate of drug-likeness (QED) is 0.729. The number of amides is 1. The first-order valence-electron chi connectivity index (χ1n) is 8.82. The van der Waals surface area contributed by atoms with Crippen LogP contribution >= 0.6 is 0 Å². The van der Waals surface area contributed by atoms with E-state index in [2.05, 4.69) is 5.32 Å². The fourth-order valence-electron chi connectivity index (χ4n) is 2.66. The van der Waals surface area contributed by atoms with Crippen molar-refractivity contribution >= 4 is 21.6 Å². The van der Waals surface area contributed by atoms with Gasteiger partial charge in [0.05, 0.1) is 18.0 Å². The summed E-state index contributed by atoms with van der Waals surface area (Å²) in [6.45, 7) is 5.45. The van der Waals surface area contributed by atoms with Gasteiger partial charge in [0, 0.05) is 0 Å². The molecule has 2 aromatic carbocycles. The predicted molar refractivity (Wildman–Crippen MR) is 107 cm³/mol. The second kappa shape index (κ2) is 9.05. The zero-order valence-electron chi connectivity index (χ0n) is 16.3. The van der Waals surface area contributed by atoms with Crippen molar-refractivity contribution in [1.82, 2.24) is 5.32 Å². The minimum absolute atomic E-state index is 0.218. The van der Waals surface area contributed by atoms with Crippen LogP contribution in [0.5, 0.6) is 5.75 Å². The van der Waals surface area contributed by atoms with Gasteiger partial charge < -0.3 is 10.1 Å². The first kappa shape index (κ1) is 21.7. The van der Waals surface area contributed by atoms with E-state index in [1.807, 2.05) is 31.2 Å². The number of hydrogen-bond donors (Lipinski definition) is 1. The highest BCUT2D eigenvalue weighted by Crippen LogP contribution is 2.21. The van der Waals surface area contributed by atoms with Crippen LogP contribution in [0.4, 0.5) is 10.1 Å². The Morgan fingerprint density at radius 2 is 1.68 bits per heavy atom. The van der Waals surface area contributed by atoms with Gasteiger partial charge in [0.1, 0.15) is 24.2 Å². The average molecular weight is 408 g/mol. The summed E-state index contributed by atoms with van der Waals surface area (Å²) in [7, 11) is -3.75. The van der Waals surface area contributed by atoms with E-state index in [1.165, 1.54) is 19.1 Å². The van der Waals surface area contributed by atoms with Gasteiger partial charge in [0.25, 0.3) is 0 Å². The molecule has 8 heteroatoms.